The van der Waals surface area contributed by atoms with Crippen molar-refractivity contribution in [3.63, 3.8) is 0 Å². The van der Waals surface area contributed by atoms with Crippen molar-refractivity contribution in [2.75, 3.05) is 17.7 Å². The van der Waals surface area contributed by atoms with Crippen LogP contribution in [-0.2, 0) is 7.05 Å². The number of carbonyl (C=O) groups excluding carboxylic acids is 1. The molecule has 3 heterocycles. The van der Waals surface area contributed by atoms with Crippen LogP contribution in [0.4, 0.5) is 36.2 Å². The number of nitrogens with two attached hydrogens (primary N) is 1. The molecule has 0 aliphatic heterocycles. The highest BCUT2D eigenvalue weighted by atomic mass is 19.4. The quantitative estimate of drug-likeness (QED) is 0.269. The van der Waals surface area contributed by atoms with Gasteiger partial charge in [0.1, 0.15) is 24.0 Å². The summed E-state index contributed by atoms with van der Waals surface area (Å²) in [6.45, 7) is 1.73. The number of benzene rings is 1. The lowest BCUT2D eigenvalue weighted by Gasteiger charge is -2.17. The molecular formula is C24H24F3N9O2. The minimum absolute atomic E-state index is 0.136. The van der Waals surface area contributed by atoms with E-state index in [2.05, 4.69) is 35.7 Å². The van der Waals surface area contributed by atoms with Crippen LogP contribution < -0.4 is 21.1 Å². The van der Waals surface area contributed by atoms with E-state index in [0.717, 1.165) is 12.4 Å². The lowest BCUT2D eigenvalue weighted by Crippen LogP contribution is -2.29. The molecule has 0 saturated carbocycles. The standard InChI is InChI=1S/C24H24F3N9O2/c1-4-18(37)14-9-30-19(34-20-11-29-17(10-31-20)22(28)24(25,26)27)8-16(14)33-15-7-5-6-13(21(15)38-3)23-32-12-36(2)35-23/h5-12,22H,4,28H2,1-3H3,(H2,30,31,33,34). The largest absolute Gasteiger partial charge is 0.494 e. The number of hydrogen-bond acceptors (Lipinski definition) is 10. The number of pyridine rings is 1. The van der Waals surface area contributed by atoms with E-state index in [-0.39, 0.29) is 23.8 Å². The van der Waals surface area contributed by atoms with Crippen LogP contribution in [0.1, 0.15) is 35.4 Å². The van der Waals surface area contributed by atoms with Gasteiger partial charge >= 0.3 is 6.18 Å². The fourth-order valence-electron chi connectivity index (χ4n) is 3.54. The van der Waals surface area contributed by atoms with Gasteiger partial charge in [0.25, 0.3) is 0 Å². The topological polar surface area (TPSA) is 146 Å². The van der Waals surface area contributed by atoms with Crippen LogP contribution in [0.25, 0.3) is 11.4 Å². The number of ketones is 1. The van der Waals surface area contributed by atoms with Gasteiger partial charge in [-0.3, -0.25) is 14.5 Å². The van der Waals surface area contributed by atoms with Crippen molar-refractivity contribution in [1.29, 1.82) is 0 Å². The fourth-order valence-corrected chi connectivity index (χ4v) is 3.54. The third-order valence-electron chi connectivity index (χ3n) is 5.45. The maximum Gasteiger partial charge on any atom is 0.409 e. The number of hydrogen-bond donors (Lipinski definition) is 3. The first kappa shape index (κ1) is 26.5. The van der Waals surface area contributed by atoms with Gasteiger partial charge in [-0.05, 0) is 12.1 Å². The molecule has 4 aromatic rings. The first-order valence-electron chi connectivity index (χ1n) is 11.3. The summed E-state index contributed by atoms with van der Waals surface area (Å²) in [5, 5.41) is 10.4. The van der Waals surface area contributed by atoms with E-state index in [1.165, 1.54) is 13.3 Å². The average Bonchev–Trinajstić information content (AvgIpc) is 3.34. The molecular weight excluding hydrogens is 503 g/mol. The molecule has 0 bridgehead atoms. The van der Waals surface area contributed by atoms with E-state index >= 15 is 0 Å². The van der Waals surface area contributed by atoms with Crippen molar-refractivity contribution < 1.29 is 22.7 Å². The molecule has 11 nitrogen and oxygen atoms in total. The van der Waals surface area contributed by atoms with Crippen molar-refractivity contribution >= 4 is 28.8 Å². The van der Waals surface area contributed by atoms with Gasteiger partial charge in [-0.15, -0.1) is 0 Å². The Morgan fingerprint density at radius 2 is 1.84 bits per heavy atom. The number of alkyl halides is 3. The molecule has 4 rings (SSSR count). The van der Waals surface area contributed by atoms with Crippen molar-refractivity contribution in [3.05, 3.63) is 60.4 Å². The molecule has 0 radical (unpaired) electrons. The molecule has 38 heavy (non-hydrogen) atoms. The number of para-hydroxylation sites is 1. The maximum atomic E-state index is 12.8. The first-order valence-corrected chi connectivity index (χ1v) is 11.3. The zero-order valence-electron chi connectivity index (χ0n) is 20.6. The third-order valence-corrected chi connectivity index (χ3v) is 5.45. The Morgan fingerprint density at radius 1 is 1.08 bits per heavy atom. The zero-order chi connectivity index (χ0) is 27.4. The Kier molecular flexibility index (Phi) is 7.52. The smallest absolute Gasteiger partial charge is 0.409 e. The molecule has 0 saturated heterocycles. The van der Waals surface area contributed by atoms with Crippen LogP contribution >= 0.6 is 0 Å². The van der Waals surface area contributed by atoms with Crippen LogP contribution in [-0.4, -0.2) is 48.8 Å². The SMILES string of the molecule is CCC(=O)c1cnc(Nc2cnc(C(N)C(F)(F)F)cn2)cc1Nc1cccc(-c2ncn(C)n2)c1OC. The molecule has 0 amide bonds. The van der Waals surface area contributed by atoms with Gasteiger partial charge in [0.05, 0.1) is 47.7 Å². The van der Waals surface area contributed by atoms with Crippen LogP contribution in [0.5, 0.6) is 5.75 Å². The third kappa shape index (κ3) is 5.70. The van der Waals surface area contributed by atoms with Crippen molar-refractivity contribution in [2.24, 2.45) is 12.8 Å². The maximum absolute atomic E-state index is 12.8. The van der Waals surface area contributed by atoms with Crippen molar-refractivity contribution in [2.45, 2.75) is 25.6 Å². The zero-order valence-corrected chi connectivity index (χ0v) is 20.6. The molecule has 0 aliphatic carbocycles. The molecule has 3 aromatic heterocycles. The summed E-state index contributed by atoms with van der Waals surface area (Å²) in [5.74, 6) is 1.17. The molecule has 198 valence electrons. The molecule has 14 heteroatoms. The van der Waals surface area contributed by atoms with Gasteiger partial charge in [0, 0.05) is 25.7 Å². The Labute approximate surface area is 215 Å². The molecule has 0 fully saturated rings. The summed E-state index contributed by atoms with van der Waals surface area (Å²) in [6.07, 6.45) is 0.626. The first-order chi connectivity index (χ1) is 18.1. The molecule has 0 aliphatic rings. The minimum Gasteiger partial charge on any atom is -0.494 e. The fraction of sp³-hybridized carbons (Fsp3) is 0.250. The van der Waals surface area contributed by atoms with E-state index in [4.69, 9.17) is 10.5 Å². The normalized spacial score (nSPS) is 12.2. The van der Waals surface area contributed by atoms with E-state index < -0.39 is 17.9 Å². The van der Waals surface area contributed by atoms with Gasteiger partial charge < -0.3 is 21.1 Å². The number of nitrogens with one attached hydrogen (secondary N) is 2. The number of ether oxygens (including phenoxy) is 1. The highest BCUT2D eigenvalue weighted by Gasteiger charge is 2.39. The predicted octanol–water partition coefficient (Wildman–Crippen LogP) is 4.32. The number of aryl methyl sites for hydroxylation is 1. The number of anilines is 4. The Balaban J connectivity index is 1.66. The van der Waals surface area contributed by atoms with E-state index in [0.29, 0.717) is 34.1 Å². The Bertz CT molecular complexity index is 1440. The number of aromatic nitrogens is 6. The summed E-state index contributed by atoms with van der Waals surface area (Å²) >= 11 is 0. The summed E-state index contributed by atoms with van der Waals surface area (Å²) in [5.41, 5.74) is 6.70. The van der Waals surface area contributed by atoms with Gasteiger partial charge in [0.2, 0.25) is 0 Å². The van der Waals surface area contributed by atoms with Crippen LogP contribution in [0.15, 0.2) is 49.2 Å². The molecule has 1 atom stereocenters. The summed E-state index contributed by atoms with van der Waals surface area (Å²) < 4.78 is 45.7. The second kappa shape index (κ2) is 10.8. The van der Waals surface area contributed by atoms with Crippen LogP contribution in [0, 0.1) is 0 Å². The number of rotatable bonds is 9. The van der Waals surface area contributed by atoms with Gasteiger partial charge in [0.15, 0.2) is 17.4 Å². The van der Waals surface area contributed by atoms with E-state index in [9.17, 15) is 18.0 Å². The monoisotopic (exact) mass is 527 g/mol. The van der Waals surface area contributed by atoms with Gasteiger partial charge in [-0.25, -0.2) is 15.0 Å². The van der Waals surface area contributed by atoms with E-state index in [1.54, 1.807) is 43.2 Å². The Morgan fingerprint density at radius 3 is 2.45 bits per heavy atom. The number of Topliss-reactive ketones (excluding diaryl/α,β-unsaturated/α-hetero) is 1. The Hall–Kier alpha value is -4.59. The highest BCUT2D eigenvalue weighted by Crippen LogP contribution is 2.37. The predicted molar refractivity (Wildman–Crippen MR) is 133 cm³/mol. The second-order valence-electron chi connectivity index (χ2n) is 8.12. The lowest BCUT2D eigenvalue weighted by atomic mass is 10.1. The molecule has 1 aromatic carbocycles. The van der Waals surface area contributed by atoms with Crippen LogP contribution in [0.3, 0.4) is 0 Å². The number of carbonyl (C=O) groups is 1. The van der Waals surface area contributed by atoms with Gasteiger partial charge in [-0.2, -0.15) is 18.3 Å². The molecule has 1 unspecified atom stereocenters. The van der Waals surface area contributed by atoms with Gasteiger partial charge in [-0.1, -0.05) is 13.0 Å². The summed E-state index contributed by atoms with van der Waals surface area (Å²) in [6, 6.07) is 4.70. The molecule has 0 spiro atoms. The van der Waals surface area contributed by atoms with Crippen molar-refractivity contribution in [3.8, 4) is 17.1 Å². The minimum atomic E-state index is -4.64. The van der Waals surface area contributed by atoms with E-state index in [1.807, 2.05) is 6.07 Å². The summed E-state index contributed by atoms with van der Waals surface area (Å²) in [7, 11) is 3.26. The second-order valence-corrected chi connectivity index (χ2v) is 8.12. The lowest BCUT2D eigenvalue weighted by molar-refractivity contribution is -0.150. The average molecular weight is 528 g/mol. The number of methoxy groups -OCH3 is 1. The highest BCUT2D eigenvalue weighted by molar-refractivity contribution is 6.02. The van der Waals surface area contributed by atoms with Crippen LogP contribution in [0.2, 0.25) is 0 Å². The molecule has 4 N–H and O–H groups in total. The number of nitrogens with zero attached hydrogens (tertiary/aromatic N) is 6. The summed E-state index contributed by atoms with van der Waals surface area (Å²) in [4.78, 5) is 28.9. The van der Waals surface area contributed by atoms with Crippen molar-refractivity contribution in [1.82, 2.24) is 29.7 Å². The number of halogens is 3.